The van der Waals surface area contributed by atoms with Gasteiger partial charge < -0.3 is 4.74 Å². The second-order valence-corrected chi connectivity index (χ2v) is 7.70. The van der Waals surface area contributed by atoms with Crippen LogP contribution in [0.3, 0.4) is 0 Å². The van der Waals surface area contributed by atoms with Crippen LogP contribution in [0.15, 0.2) is 0 Å². The number of nitrogens with zero attached hydrogens (tertiary/aromatic N) is 2. The van der Waals surface area contributed by atoms with Crippen LogP contribution >= 0.6 is 0 Å². The van der Waals surface area contributed by atoms with E-state index in [9.17, 15) is 13.2 Å². The Morgan fingerprint density at radius 2 is 1.67 bits per heavy atom. The van der Waals surface area contributed by atoms with E-state index in [1.165, 1.54) is 4.31 Å². The molecule has 0 unspecified atom stereocenters. The van der Waals surface area contributed by atoms with Crippen LogP contribution in [0.25, 0.3) is 0 Å². The monoisotopic (exact) mass is 318 g/mol. The molecular formula is C14H26N2O4S. The third-order valence-electron chi connectivity index (χ3n) is 4.22. The highest BCUT2D eigenvalue weighted by atomic mass is 32.2. The first-order valence-corrected chi connectivity index (χ1v) is 9.37. The fourth-order valence-corrected chi connectivity index (χ4v) is 4.81. The molecule has 1 atom stereocenters. The summed E-state index contributed by atoms with van der Waals surface area (Å²) in [5.74, 6) is -0.589. The largest absolute Gasteiger partial charge is 0.466 e. The lowest BCUT2D eigenvalue weighted by Gasteiger charge is -2.34. The Morgan fingerprint density at radius 1 is 1.05 bits per heavy atom. The molecule has 0 saturated carbocycles. The van der Waals surface area contributed by atoms with Crippen LogP contribution in [-0.4, -0.2) is 55.8 Å². The predicted molar refractivity (Wildman–Crippen MR) is 79.9 cm³/mol. The molecule has 0 aromatic rings. The fourth-order valence-electron chi connectivity index (χ4n) is 3.04. The molecule has 0 aromatic carbocycles. The van der Waals surface area contributed by atoms with E-state index in [-0.39, 0.29) is 18.4 Å². The van der Waals surface area contributed by atoms with E-state index in [1.54, 1.807) is 11.2 Å². The standard InChI is InChI=1S/C14H26N2O4S/c1-2-20-14(17)13-8-7-11-16(12-13)21(18,19)15-9-5-3-4-6-10-15/h13H,2-12H2,1H3/t13-/m1/s1. The van der Waals surface area contributed by atoms with Crippen molar-refractivity contribution in [3.05, 3.63) is 0 Å². The zero-order valence-electron chi connectivity index (χ0n) is 12.8. The summed E-state index contributed by atoms with van der Waals surface area (Å²) in [6.45, 7) is 4.08. The second-order valence-electron chi connectivity index (χ2n) is 5.77. The van der Waals surface area contributed by atoms with E-state index in [1.807, 2.05) is 0 Å². The molecule has 0 bridgehead atoms. The average molecular weight is 318 g/mol. The molecule has 0 aromatic heterocycles. The van der Waals surface area contributed by atoms with E-state index in [0.29, 0.717) is 32.7 Å². The molecule has 0 amide bonds. The molecule has 2 heterocycles. The topological polar surface area (TPSA) is 66.9 Å². The smallest absolute Gasteiger partial charge is 0.310 e. The summed E-state index contributed by atoms with van der Waals surface area (Å²) < 4.78 is 33.5. The van der Waals surface area contributed by atoms with Crippen LogP contribution in [0.5, 0.6) is 0 Å². The van der Waals surface area contributed by atoms with Crippen LogP contribution in [0, 0.1) is 5.92 Å². The lowest BCUT2D eigenvalue weighted by molar-refractivity contribution is -0.149. The Morgan fingerprint density at radius 3 is 2.29 bits per heavy atom. The summed E-state index contributed by atoms with van der Waals surface area (Å²) in [5, 5.41) is 0. The third kappa shape index (κ3) is 4.17. The Bertz CT molecular complexity index is 444. The van der Waals surface area contributed by atoms with Crippen LogP contribution in [0.1, 0.15) is 45.4 Å². The van der Waals surface area contributed by atoms with E-state index in [0.717, 1.165) is 32.1 Å². The highest BCUT2D eigenvalue weighted by Gasteiger charge is 2.36. The second kappa shape index (κ2) is 7.56. The van der Waals surface area contributed by atoms with Gasteiger partial charge in [0, 0.05) is 26.2 Å². The molecule has 6 nitrogen and oxygen atoms in total. The van der Waals surface area contributed by atoms with Gasteiger partial charge in [-0.3, -0.25) is 4.79 Å². The van der Waals surface area contributed by atoms with Crippen molar-refractivity contribution in [1.29, 1.82) is 0 Å². The molecule has 0 N–H and O–H groups in total. The van der Waals surface area contributed by atoms with E-state index in [4.69, 9.17) is 4.74 Å². The Balaban J connectivity index is 2.03. The zero-order chi connectivity index (χ0) is 15.3. The van der Waals surface area contributed by atoms with Gasteiger partial charge in [0.05, 0.1) is 12.5 Å². The van der Waals surface area contributed by atoms with Gasteiger partial charge in [0.25, 0.3) is 10.2 Å². The summed E-state index contributed by atoms with van der Waals surface area (Å²) in [4.78, 5) is 11.8. The first-order valence-electron chi connectivity index (χ1n) is 7.97. The number of carbonyl (C=O) groups is 1. The van der Waals surface area contributed by atoms with E-state index >= 15 is 0 Å². The Hall–Kier alpha value is -0.660. The Kier molecular flexibility index (Phi) is 6.01. The molecule has 122 valence electrons. The molecule has 0 radical (unpaired) electrons. The SMILES string of the molecule is CCOC(=O)[C@@H]1CCCN(S(=O)(=O)N2CCCCCC2)C1. The highest BCUT2D eigenvalue weighted by Crippen LogP contribution is 2.24. The molecule has 2 fully saturated rings. The number of piperidine rings is 1. The van der Waals surface area contributed by atoms with Crippen molar-refractivity contribution in [3.63, 3.8) is 0 Å². The third-order valence-corrected chi connectivity index (χ3v) is 6.22. The molecule has 7 heteroatoms. The van der Waals surface area contributed by atoms with E-state index in [2.05, 4.69) is 0 Å². The van der Waals surface area contributed by atoms with Crippen LogP contribution < -0.4 is 0 Å². The van der Waals surface area contributed by atoms with Crippen molar-refractivity contribution in [1.82, 2.24) is 8.61 Å². The van der Waals surface area contributed by atoms with Gasteiger partial charge in [0.1, 0.15) is 0 Å². The van der Waals surface area contributed by atoms with E-state index < -0.39 is 10.2 Å². The lowest BCUT2D eigenvalue weighted by Crippen LogP contribution is -2.49. The fraction of sp³-hybridized carbons (Fsp3) is 0.929. The highest BCUT2D eigenvalue weighted by molar-refractivity contribution is 7.86. The van der Waals surface area contributed by atoms with Gasteiger partial charge in [-0.25, -0.2) is 0 Å². The zero-order valence-corrected chi connectivity index (χ0v) is 13.6. The molecule has 0 aliphatic carbocycles. The van der Waals surface area contributed by atoms with Crippen LogP contribution in [0.4, 0.5) is 0 Å². The van der Waals surface area contributed by atoms with Gasteiger partial charge in [0.15, 0.2) is 0 Å². The van der Waals surface area contributed by atoms with Crippen molar-refractivity contribution in [2.45, 2.75) is 45.4 Å². The minimum Gasteiger partial charge on any atom is -0.466 e. The Labute approximate surface area is 127 Å². The first kappa shape index (κ1) is 16.7. The predicted octanol–water partition coefficient (Wildman–Crippen LogP) is 1.38. The molecule has 2 rings (SSSR count). The van der Waals surface area contributed by atoms with Gasteiger partial charge in [-0.1, -0.05) is 12.8 Å². The van der Waals surface area contributed by atoms with Gasteiger partial charge in [0.2, 0.25) is 0 Å². The van der Waals surface area contributed by atoms with Crippen molar-refractivity contribution in [3.8, 4) is 0 Å². The molecule has 2 aliphatic rings. The number of carbonyl (C=O) groups excluding carboxylic acids is 1. The van der Waals surface area contributed by atoms with Gasteiger partial charge in [-0.2, -0.15) is 17.0 Å². The number of esters is 1. The van der Waals surface area contributed by atoms with Gasteiger partial charge in [-0.05, 0) is 32.6 Å². The normalized spacial score (nSPS) is 26.2. The molecular weight excluding hydrogens is 292 g/mol. The summed E-state index contributed by atoms with van der Waals surface area (Å²) >= 11 is 0. The molecule has 21 heavy (non-hydrogen) atoms. The van der Waals surface area contributed by atoms with Crippen LogP contribution in [-0.2, 0) is 19.7 Å². The maximum Gasteiger partial charge on any atom is 0.310 e. The molecule has 2 saturated heterocycles. The number of hydrogen-bond donors (Lipinski definition) is 0. The van der Waals surface area contributed by atoms with Crippen LogP contribution in [0.2, 0.25) is 0 Å². The van der Waals surface area contributed by atoms with Crippen molar-refractivity contribution in [2.24, 2.45) is 5.92 Å². The minimum atomic E-state index is -3.43. The quantitative estimate of drug-likeness (QED) is 0.735. The number of hydrogen-bond acceptors (Lipinski definition) is 4. The number of rotatable bonds is 4. The maximum absolute atomic E-state index is 12.7. The lowest BCUT2D eigenvalue weighted by atomic mass is 10.0. The summed E-state index contributed by atoms with van der Waals surface area (Å²) in [6.07, 6.45) is 5.47. The maximum atomic E-state index is 12.7. The van der Waals surface area contributed by atoms with Gasteiger partial charge >= 0.3 is 5.97 Å². The summed E-state index contributed by atoms with van der Waals surface area (Å²) in [6, 6.07) is 0. The summed E-state index contributed by atoms with van der Waals surface area (Å²) in [5.41, 5.74) is 0. The van der Waals surface area contributed by atoms with Crippen molar-refractivity contribution >= 4 is 16.2 Å². The summed E-state index contributed by atoms with van der Waals surface area (Å²) in [7, 11) is -3.43. The first-order chi connectivity index (χ1) is 10.1. The molecule has 0 spiro atoms. The van der Waals surface area contributed by atoms with Crippen molar-refractivity contribution < 1.29 is 17.9 Å². The van der Waals surface area contributed by atoms with Gasteiger partial charge in [-0.15, -0.1) is 0 Å². The number of ether oxygens (including phenoxy) is 1. The molecule has 2 aliphatic heterocycles. The minimum absolute atomic E-state index is 0.262. The average Bonchev–Trinajstić information content (AvgIpc) is 2.77. The van der Waals surface area contributed by atoms with Crippen molar-refractivity contribution in [2.75, 3.05) is 32.8 Å².